The average Bonchev–Trinajstić information content (AvgIpc) is 3.48. The molecule has 142 valence electrons. The molecule has 4 aromatic carbocycles. The lowest BCUT2D eigenvalue weighted by Gasteiger charge is -2.05. The monoisotopic (exact) mass is 418 g/mol. The van der Waals surface area contributed by atoms with Gasteiger partial charge in [0.1, 0.15) is 0 Å². The lowest BCUT2D eigenvalue weighted by atomic mass is 10.0. The van der Waals surface area contributed by atoms with Crippen LogP contribution in [0.2, 0.25) is 0 Å². The first-order valence-corrected chi connectivity index (χ1v) is 11.8. The Hall–Kier alpha value is -3.20. The van der Waals surface area contributed by atoms with Gasteiger partial charge in [-0.15, -0.1) is 22.7 Å². The van der Waals surface area contributed by atoms with Gasteiger partial charge in [0.25, 0.3) is 0 Å². The molecule has 0 saturated carbocycles. The van der Waals surface area contributed by atoms with E-state index in [1.807, 2.05) is 22.7 Å². The topological polar surface area (TPSA) is 0 Å². The van der Waals surface area contributed by atoms with Crippen molar-refractivity contribution >= 4 is 44.2 Å². The quantitative estimate of drug-likeness (QED) is 0.269. The Morgan fingerprint density at radius 1 is 0.467 bits per heavy atom. The van der Waals surface area contributed by atoms with Gasteiger partial charge in [0.05, 0.1) is 4.88 Å². The molecule has 30 heavy (non-hydrogen) atoms. The molecule has 6 aromatic rings. The SMILES string of the molecule is c1ccc2cc(-c3csc(-c4sccc4-c4ccc5ccccc5c4)c3)ccc2c1. The minimum absolute atomic E-state index is 1.28. The minimum Gasteiger partial charge on any atom is -0.142 e. The van der Waals surface area contributed by atoms with Crippen molar-refractivity contribution in [2.24, 2.45) is 0 Å². The average molecular weight is 419 g/mol. The highest BCUT2D eigenvalue weighted by molar-refractivity contribution is 7.21. The summed E-state index contributed by atoms with van der Waals surface area (Å²) in [6, 6.07) is 35.2. The summed E-state index contributed by atoms with van der Waals surface area (Å²) >= 11 is 3.65. The van der Waals surface area contributed by atoms with Gasteiger partial charge < -0.3 is 0 Å². The van der Waals surface area contributed by atoms with E-state index in [4.69, 9.17) is 0 Å². The van der Waals surface area contributed by atoms with E-state index in [1.54, 1.807) is 0 Å². The maximum Gasteiger partial charge on any atom is 0.0521 e. The zero-order chi connectivity index (χ0) is 19.9. The standard InChI is InChI=1S/C28H18S2/c1-3-7-21-15-23(11-9-19(21)5-1)25-17-27(30-18-25)28-26(13-14-29-28)24-12-10-20-6-2-4-8-22(20)16-24/h1-18H. The van der Waals surface area contributed by atoms with Crippen molar-refractivity contribution < 1.29 is 0 Å². The van der Waals surface area contributed by atoms with Crippen LogP contribution in [0.3, 0.4) is 0 Å². The van der Waals surface area contributed by atoms with E-state index in [9.17, 15) is 0 Å². The summed E-state index contributed by atoms with van der Waals surface area (Å²) < 4.78 is 0. The molecule has 0 nitrogen and oxygen atoms in total. The van der Waals surface area contributed by atoms with E-state index in [1.165, 1.54) is 53.6 Å². The molecule has 0 fully saturated rings. The van der Waals surface area contributed by atoms with E-state index in [0.29, 0.717) is 0 Å². The molecule has 6 rings (SSSR count). The first kappa shape index (κ1) is 17.6. The van der Waals surface area contributed by atoms with Crippen molar-refractivity contribution in [1.29, 1.82) is 0 Å². The van der Waals surface area contributed by atoms with Gasteiger partial charge in [-0.25, -0.2) is 0 Å². The number of fused-ring (bicyclic) bond motifs is 2. The Morgan fingerprint density at radius 2 is 1.10 bits per heavy atom. The fraction of sp³-hybridized carbons (Fsp3) is 0. The largest absolute Gasteiger partial charge is 0.142 e. The Labute approximate surface area is 183 Å². The third-order valence-electron chi connectivity index (χ3n) is 5.63. The van der Waals surface area contributed by atoms with Gasteiger partial charge in [0.15, 0.2) is 0 Å². The zero-order valence-electron chi connectivity index (χ0n) is 16.2. The first-order valence-electron chi connectivity index (χ1n) is 10.00. The lowest BCUT2D eigenvalue weighted by molar-refractivity contribution is 1.70. The molecule has 0 aliphatic heterocycles. The van der Waals surface area contributed by atoms with Gasteiger partial charge >= 0.3 is 0 Å². The van der Waals surface area contributed by atoms with Crippen LogP contribution in [0.5, 0.6) is 0 Å². The van der Waals surface area contributed by atoms with E-state index in [0.717, 1.165) is 0 Å². The van der Waals surface area contributed by atoms with E-state index >= 15 is 0 Å². The van der Waals surface area contributed by atoms with Gasteiger partial charge in [-0.05, 0) is 73.3 Å². The molecule has 2 heteroatoms. The lowest BCUT2D eigenvalue weighted by Crippen LogP contribution is -1.79. The van der Waals surface area contributed by atoms with Crippen LogP contribution in [-0.2, 0) is 0 Å². The second kappa shape index (κ2) is 7.24. The Kier molecular flexibility index (Phi) is 4.26. The molecule has 0 saturated heterocycles. The van der Waals surface area contributed by atoms with E-state index in [-0.39, 0.29) is 0 Å². The molecule has 0 amide bonds. The predicted molar refractivity (Wildman–Crippen MR) is 134 cm³/mol. The maximum absolute atomic E-state index is 2.34. The molecule has 0 radical (unpaired) electrons. The Bertz CT molecular complexity index is 1500. The molecule has 0 bridgehead atoms. The van der Waals surface area contributed by atoms with Gasteiger partial charge in [-0.3, -0.25) is 0 Å². The molecule has 2 aromatic heterocycles. The molecule has 0 aliphatic rings. The summed E-state index contributed by atoms with van der Waals surface area (Å²) in [5.74, 6) is 0. The molecule has 0 atom stereocenters. The van der Waals surface area contributed by atoms with E-state index < -0.39 is 0 Å². The molecular formula is C28H18S2. The molecular weight excluding hydrogens is 400 g/mol. The summed E-state index contributed by atoms with van der Waals surface area (Å²) in [4.78, 5) is 2.68. The summed E-state index contributed by atoms with van der Waals surface area (Å²) in [5.41, 5.74) is 5.17. The fourth-order valence-corrected chi connectivity index (χ4v) is 6.05. The van der Waals surface area contributed by atoms with Crippen LogP contribution in [0.15, 0.2) is 108 Å². The summed E-state index contributed by atoms with van der Waals surface area (Å²) in [7, 11) is 0. The fourth-order valence-electron chi connectivity index (χ4n) is 4.06. The van der Waals surface area contributed by atoms with Crippen LogP contribution >= 0.6 is 22.7 Å². The Morgan fingerprint density at radius 3 is 1.83 bits per heavy atom. The number of hydrogen-bond acceptors (Lipinski definition) is 2. The van der Waals surface area contributed by atoms with E-state index in [2.05, 4.69) is 108 Å². The number of benzene rings is 4. The molecule has 0 aliphatic carbocycles. The third kappa shape index (κ3) is 3.06. The zero-order valence-corrected chi connectivity index (χ0v) is 17.8. The van der Waals surface area contributed by atoms with Crippen molar-refractivity contribution in [3.05, 3.63) is 108 Å². The smallest absolute Gasteiger partial charge is 0.0521 e. The van der Waals surface area contributed by atoms with Gasteiger partial charge in [0.2, 0.25) is 0 Å². The first-order chi connectivity index (χ1) is 14.8. The predicted octanol–water partition coefficient (Wildman–Crippen LogP) is 9.12. The van der Waals surface area contributed by atoms with Crippen LogP contribution in [0, 0.1) is 0 Å². The van der Waals surface area contributed by atoms with Crippen LogP contribution in [0.25, 0.3) is 53.6 Å². The number of thiophene rings is 2. The van der Waals surface area contributed by atoms with Crippen molar-refractivity contribution in [1.82, 2.24) is 0 Å². The summed E-state index contributed by atoms with van der Waals surface area (Å²) in [6.07, 6.45) is 0. The van der Waals surface area contributed by atoms with Gasteiger partial charge in [-0.2, -0.15) is 0 Å². The highest BCUT2D eigenvalue weighted by Gasteiger charge is 2.13. The number of hydrogen-bond donors (Lipinski definition) is 0. The van der Waals surface area contributed by atoms with Crippen LogP contribution in [-0.4, -0.2) is 0 Å². The van der Waals surface area contributed by atoms with Crippen LogP contribution in [0.1, 0.15) is 0 Å². The highest BCUT2D eigenvalue weighted by atomic mass is 32.1. The van der Waals surface area contributed by atoms with Gasteiger partial charge in [-0.1, -0.05) is 72.8 Å². The second-order valence-corrected chi connectivity index (χ2v) is 9.31. The Balaban J connectivity index is 1.41. The van der Waals surface area contributed by atoms with Gasteiger partial charge in [0, 0.05) is 10.4 Å². The minimum atomic E-state index is 1.28. The van der Waals surface area contributed by atoms with Crippen molar-refractivity contribution in [3.63, 3.8) is 0 Å². The summed E-state index contributed by atoms with van der Waals surface area (Å²) in [5, 5.41) is 9.63. The van der Waals surface area contributed by atoms with Crippen LogP contribution < -0.4 is 0 Å². The number of rotatable bonds is 3. The van der Waals surface area contributed by atoms with Crippen molar-refractivity contribution in [3.8, 4) is 32.0 Å². The third-order valence-corrected chi connectivity index (χ3v) is 7.66. The molecule has 0 N–H and O–H groups in total. The highest BCUT2D eigenvalue weighted by Crippen LogP contribution is 2.42. The maximum atomic E-state index is 2.34. The van der Waals surface area contributed by atoms with Crippen molar-refractivity contribution in [2.75, 3.05) is 0 Å². The molecule has 0 spiro atoms. The van der Waals surface area contributed by atoms with Crippen LogP contribution in [0.4, 0.5) is 0 Å². The second-order valence-electron chi connectivity index (χ2n) is 7.49. The molecule has 0 unspecified atom stereocenters. The summed E-state index contributed by atoms with van der Waals surface area (Å²) in [6.45, 7) is 0. The van der Waals surface area contributed by atoms with Crippen molar-refractivity contribution in [2.45, 2.75) is 0 Å². The molecule has 2 heterocycles. The normalized spacial score (nSPS) is 11.3.